The van der Waals surface area contributed by atoms with E-state index in [0.29, 0.717) is 32.4 Å². The number of nitrogens with one attached hydrogen (secondary N) is 1. The molecule has 1 saturated carbocycles. The highest BCUT2D eigenvalue weighted by Gasteiger charge is 2.35. The van der Waals surface area contributed by atoms with Crippen molar-refractivity contribution in [2.24, 2.45) is 0 Å². The van der Waals surface area contributed by atoms with Gasteiger partial charge in [0.1, 0.15) is 5.75 Å². The first-order valence-corrected chi connectivity index (χ1v) is 10.7. The van der Waals surface area contributed by atoms with Crippen molar-refractivity contribution in [2.75, 3.05) is 25.4 Å². The number of carbonyl (C=O) groups is 1. The van der Waals surface area contributed by atoms with Crippen molar-refractivity contribution in [3.63, 3.8) is 0 Å². The third-order valence-corrected chi connectivity index (χ3v) is 6.57. The van der Waals surface area contributed by atoms with Crippen LogP contribution in [0.2, 0.25) is 0 Å². The van der Waals surface area contributed by atoms with Gasteiger partial charge in [0, 0.05) is 18.5 Å². The van der Waals surface area contributed by atoms with Crippen LogP contribution in [0.15, 0.2) is 18.2 Å². The molecule has 7 nitrogen and oxygen atoms in total. The van der Waals surface area contributed by atoms with Crippen LogP contribution in [0.4, 0.5) is 0 Å². The average molecular weight is 382 g/mol. The smallest absolute Gasteiger partial charge is 0.317 e. The zero-order chi connectivity index (χ0) is 18.7. The van der Waals surface area contributed by atoms with E-state index in [4.69, 9.17) is 9.84 Å². The molecule has 1 aliphatic heterocycles. The minimum atomic E-state index is -3.35. The molecule has 1 aliphatic carbocycles. The van der Waals surface area contributed by atoms with Crippen LogP contribution >= 0.6 is 0 Å². The van der Waals surface area contributed by atoms with Crippen LogP contribution in [-0.2, 0) is 27.7 Å². The molecule has 0 unspecified atom stereocenters. The van der Waals surface area contributed by atoms with Gasteiger partial charge in [0.15, 0.2) is 0 Å². The number of likely N-dealkylation sites (N-methyl/N-ethyl adjacent to an activating group) is 1. The Bertz CT molecular complexity index is 759. The van der Waals surface area contributed by atoms with Gasteiger partial charge in [-0.15, -0.1) is 0 Å². The first-order chi connectivity index (χ1) is 12.4. The lowest BCUT2D eigenvalue weighted by Crippen LogP contribution is -2.55. The quantitative estimate of drug-likeness (QED) is 0.662. The van der Waals surface area contributed by atoms with E-state index in [1.807, 2.05) is 30.0 Å². The number of aliphatic carboxylic acids is 1. The Balaban J connectivity index is 1.46. The monoisotopic (exact) mass is 382 g/mol. The van der Waals surface area contributed by atoms with Gasteiger partial charge in [-0.1, -0.05) is 19.1 Å². The van der Waals surface area contributed by atoms with E-state index in [1.54, 1.807) is 0 Å². The fourth-order valence-electron chi connectivity index (χ4n) is 3.62. The van der Waals surface area contributed by atoms with Crippen LogP contribution in [0.25, 0.3) is 0 Å². The number of carboxylic acids is 1. The van der Waals surface area contributed by atoms with E-state index in [9.17, 15) is 13.2 Å². The summed E-state index contributed by atoms with van der Waals surface area (Å²) in [6.07, 6.45) is 2.67. The normalized spacial score (nSPS) is 21.9. The number of fused-ring (bicyclic) bond motifs is 1. The molecule has 3 rings (SSSR count). The third kappa shape index (κ3) is 4.75. The molecule has 0 amide bonds. The van der Waals surface area contributed by atoms with Crippen LogP contribution in [0.5, 0.6) is 5.75 Å². The van der Waals surface area contributed by atoms with Gasteiger partial charge >= 0.3 is 5.97 Å². The number of rotatable bonds is 9. The van der Waals surface area contributed by atoms with Crippen molar-refractivity contribution in [1.82, 2.24) is 9.62 Å². The number of aryl methyl sites for hydroxylation is 1. The molecule has 1 fully saturated rings. The molecule has 0 bridgehead atoms. The predicted molar refractivity (Wildman–Crippen MR) is 98.0 cm³/mol. The van der Waals surface area contributed by atoms with Gasteiger partial charge in [-0.3, -0.25) is 9.69 Å². The SMILES string of the molecule is CCN(CC(=O)O)C1CC(NS(=O)(=O)CCc2ccc3c(c2)CCO3)C1. The summed E-state index contributed by atoms with van der Waals surface area (Å²) in [7, 11) is -3.35. The van der Waals surface area contributed by atoms with Crippen molar-refractivity contribution in [3.05, 3.63) is 29.3 Å². The van der Waals surface area contributed by atoms with Crippen LogP contribution in [-0.4, -0.2) is 61.9 Å². The topological polar surface area (TPSA) is 95.9 Å². The molecular weight excluding hydrogens is 356 g/mol. The highest BCUT2D eigenvalue weighted by Crippen LogP contribution is 2.27. The van der Waals surface area contributed by atoms with Gasteiger partial charge in [0.2, 0.25) is 10.0 Å². The highest BCUT2D eigenvalue weighted by atomic mass is 32.2. The largest absolute Gasteiger partial charge is 0.493 e. The Morgan fingerprint density at radius 1 is 1.38 bits per heavy atom. The second-order valence-corrected chi connectivity index (χ2v) is 8.88. The van der Waals surface area contributed by atoms with Gasteiger partial charge in [-0.05, 0) is 43.0 Å². The Labute approximate surface area is 154 Å². The summed E-state index contributed by atoms with van der Waals surface area (Å²) in [5.41, 5.74) is 2.15. The molecule has 26 heavy (non-hydrogen) atoms. The lowest BCUT2D eigenvalue weighted by atomic mass is 9.86. The highest BCUT2D eigenvalue weighted by molar-refractivity contribution is 7.89. The van der Waals surface area contributed by atoms with Crippen molar-refractivity contribution >= 4 is 16.0 Å². The Morgan fingerprint density at radius 2 is 2.15 bits per heavy atom. The molecule has 144 valence electrons. The van der Waals surface area contributed by atoms with Gasteiger partial charge in [0.25, 0.3) is 0 Å². The molecule has 1 heterocycles. The fourth-order valence-corrected chi connectivity index (χ4v) is 4.94. The number of nitrogens with zero attached hydrogens (tertiary/aromatic N) is 1. The van der Waals surface area contributed by atoms with Crippen molar-refractivity contribution < 1.29 is 23.1 Å². The number of hydrogen-bond acceptors (Lipinski definition) is 5. The summed E-state index contributed by atoms with van der Waals surface area (Å²) >= 11 is 0. The Hall–Kier alpha value is -1.64. The van der Waals surface area contributed by atoms with Crippen LogP contribution in [0.3, 0.4) is 0 Å². The third-order valence-electron chi connectivity index (χ3n) is 5.13. The molecular formula is C18H26N2O5S. The summed E-state index contributed by atoms with van der Waals surface area (Å²) in [6.45, 7) is 3.27. The molecule has 2 N–H and O–H groups in total. The van der Waals surface area contributed by atoms with E-state index >= 15 is 0 Å². The van der Waals surface area contributed by atoms with Crippen molar-refractivity contribution in [1.29, 1.82) is 0 Å². The van der Waals surface area contributed by atoms with Gasteiger partial charge in [-0.2, -0.15) is 0 Å². The van der Waals surface area contributed by atoms with Gasteiger partial charge in [0.05, 0.1) is 18.9 Å². The Kier molecular flexibility index (Phi) is 5.84. The summed E-state index contributed by atoms with van der Waals surface area (Å²) < 4.78 is 32.9. The second kappa shape index (κ2) is 7.94. The molecule has 8 heteroatoms. The predicted octanol–water partition coefficient (Wildman–Crippen LogP) is 1.02. The summed E-state index contributed by atoms with van der Waals surface area (Å²) in [4.78, 5) is 12.7. The zero-order valence-electron chi connectivity index (χ0n) is 15.0. The maximum atomic E-state index is 12.3. The summed E-state index contributed by atoms with van der Waals surface area (Å²) in [5, 5.41) is 8.91. The van der Waals surface area contributed by atoms with E-state index < -0.39 is 16.0 Å². The average Bonchev–Trinajstić information content (AvgIpc) is 3.01. The molecule has 2 aliphatic rings. The maximum absolute atomic E-state index is 12.3. The lowest BCUT2D eigenvalue weighted by Gasteiger charge is -2.42. The van der Waals surface area contributed by atoms with Gasteiger partial charge < -0.3 is 9.84 Å². The number of sulfonamides is 1. The molecule has 0 aromatic heterocycles. The zero-order valence-corrected chi connectivity index (χ0v) is 15.8. The second-order valence-electron chi connectivity index (χ2n) is 7.01. The number of ether oxygens (including phenoxy) is 1. The molecule has 0 radical (unpaired) electrons. The maximum Gasteiger partial charge on any atom is 0.317 e. The fraction of sp³-hybridized carbons (Fsp3) is 0.611. The van der Waals surface area contributed by atoms with Crippen LogP contribution < -0.4 is 9.46 Å². The Morgan fingerprint density at radius 3 is 2.85 bits per heavy atom. The molecule has 0 atom stereocenters. The van der Waals surface area contributed by atoms with Crippen LogP contribution in [0, 0.1) is 0 Å². The van der Waals surface area contributed by atoms with Crippen molar-refractivity contribution in [3.8, 4) is 5.75 Å². The van der Waals surface area contributed by atoms with E-state index in [-0.39, 0.29) is 24.4 Å². The van der Waals surface area contributed by atoms with E-state index in [1.165, 1.54) is 0 Å². The van der Waals surface area contributed by atoms with Crippen LogP contribution in [0.1, 0.15) is 30.9 Å². The standard InChI is InChI=1S/C18H26N2O5S/c1-2-20(12-18(21)22)16-10-15(11-16)19-26(23,24)8-6-13-3-4-17-14(9-13)5-7-25-17/h3-4,9,15-16,19H,2,5-8,10-12H2,1H3,(H,21,22). The van der Waals surface area contributed by atoms with E-state index in [2.05, 4.69) is 4.72 Å². The molecule has 1 aromatic carbocycles. The summed E-state index contributed by atoms with van der Waals surface area (Å²) in [6, 6.07) is 5.91. The molecule has 1 aromatic rings. The first-order valence-electron chi connectivity index (χ1n) is 9.06. The first kappa shape index (κ1) is 19.1. The molecule has 0 spiro atoms. The van der Waals surface area contributed by atoms with Gasteiger partial charge in [-0.25, -0.2) is 13.1 Å². The lowest BCUT2D eigenvalue weighted by molar-refractivity contribution is -0.139. The number of carboxylic acid groups (broad SMARTS) is 1. The van der Waals surface area contributed by atoms with Crippen molar-refractivity contribution in [2.45, 2.75) is 44.7 Å². The summed E-state index contributed by atoms with van der Waals surface area (Å²) in [5.74, 6) is 0.105. The number of hydrogen-bond donors (Lipinski definition) is 2. The minimum Gasteiger partial charge on any atom is -0.493 e. The minimum absolute atomic E-state index is 0.00266. The molecule has 0 saturated heterocycles. The van der Waals surface area contributed by atoms with E-state index in [0.717, 1.165) is 23.3 Å². The number of benzene rings is 1.